The van der Waals surface area contributed by atoms with Crippen LogP contribution < -0.4 is 4.57 Å². The molecule has 0 bridgehead atoms. The highest BCUT2D eigenvalue weighted by Crippen LogP contribution is 2.16. The smallest absolute Gasteiger partial charge is 0.237 e. The minimum atomic E-state index is 0.645. The Labute approximate surface area is 151 Å². The Bertz CT molecular complexity index is 383. The molecule has 1 aromatic heterocycles. The molecule has 1 aromatic rings. The van der Waals surface area contributed by atoms with Crippen LogP contribution in [-0.2, 0) is 6.54 Å². The van der Waals surface area contributed by atoms with Gasteiger partial charge in [-0.15, -0.1) is 0 Å². The Morgan fingerprint density at radius 3 is 1.92 bits per heavy atom. The zero-order valence-electron chi connectivity index (χ0n) is 16.8. The van der Waals surface area contributed by atoms with Gasteiger partial charge in [-0.2, -0.15) is 0 Å². The average molecular weight is 336 g/mol. The van der Waals surface area contributed by atoms with Crippen molar-refractivity contribution < 1.29 is 4.57 Å². The van der Waals surface area contributed by atoms with Crippen LogP contribution in [-0.4, -0.2) is 4.57 Å². The SMILES string of the molecule is CCCCCCCCCC(C)n1cc[n+](CCCCCCCC)c1. The molecule has 1 unspecified atom stereocenters. The molecule has 2 nitrogen and oxygen atoms in total. The number of unbranched alkanes of at least 4 members (excludes halogenated alkanes) is 11. The van der Waals surface area contributed by atoms with Gasteiger partial charge in [0.2, 0.25) is 6.33 Å². The molecule has 0 radical (unpaired) electrons. The standard InChI is InChI=1S/C22H43N2/c1-4-6-8-10-12-13-15-17-22(3)24-20-19-23(21-24)18-16-14-11-9-7-5-2/h19-22H,4-18H2,1-3H3/q+1. The van der Waals surface area contributed by atoms with Crippen molar-refractivity contribution >= 4 is 0 Å². The van der Waals surface area contributed by atoms with E-state index in [9.17, 15) is 0 Å². The van der Waals surface area contributed by atoms with Gasteiger partial charge in [-0.25, -0.2) is 9.13 Å². The largest absolute Gasteiger partial charge is 0.243 e. The summed E-state index contributed by atoms with van der Waals surface area (Å²) in [5, 5.41) is 0. The Hall–Kier alpha value is -0.790. The van der Waals surface area contributed by atoms with Gasteiger partial charge in [-0.1, -0.05) is 78.1 Å². The summed E-state index contributed by atoms with van der Waals surface area (Å²) in [7, 11) is 0. The van der Waals surface area contributed by atoms with E-state index in [0.29, 0.717) is 6.04 Å². The van der Waals surface area contributed by atoms with Crippen molar-refractivity contribution in [1.82, 2.24) is 4.57 Å². The summed E-state index contributed by atoms with van der Waals surface area (Å²) in [6, 6.07) is 0.645. The molecule has 2 heteroatoms. The lowest BCUT2D eigenvalue weighted by Crippen LogP contribution is -2.31. The third kappa shape index (κ3) is 10.2. The first-order valence-corrected chi connectivity index (χ1v) is 10.8. The molecule has 1 heterocycles. The number of nitrogens with zero attached hydrogens (tertiary/aromatic N) is 2. The summed E-state index contributed by atoms with van der Waals surface area (Å²) < 4.78 is 4.79. The monoisotopic (exact) mass is 335 g/mol. The first-order valence-electron chi connectivity index (χ1n) is 10.8. The molecule has 140 valence electrons. The third-order valence-electron chi connectivity index (χ3n) is 5.22. The van der Waals surface area contributed by atoms with E-state index >= 15 is 0 Å². The topological polar surface area (TPSA) is 8.81 Å². The van der Waals surface area contributed by atoms with E-state index in [4.69, 9.17) is 0 Å². The van der Waals surface area contributed by atoms with Crippen molar-refractivity contribution in [2.24, 2.45) is 0 Å². The highest BCUT2D eigenvalue weighted by molar-refractivity contribution is 4.72. The van der Waals surface area contributed by atoms with Gasteiger partial charge in [-0.05, 0) is 32.6 Å². The van der Waals surface area contributed by atoms with Crippen molar-refractivity contribution in [3.63, 3.8) is 0 Å². The molecule has 0 aliphatic carbocycles. The van der Waals surface area contributed by atoms with Gasteiger partial charge >= 0.3 is 0 Å². The van der Waals surface area contributed by atoms with Crippen molar-refractivity contribution in [1.29, 1.82) is 0 Å². The van der Waals surface area contributed by atoms with Crippen LogP contribution in [0.2, 0.25) is 0 Å². The van der Waals surface area contributed by atoms with Crippen molar-refractivity contribution in [3.8, 4) is 0 Å². The van der Waals surface area contributed by atoms with Gasteiger partial charge in [0.25, 0.3) is 0 Å². The number of imidazole rings is 1. The molecule has 1 atom stereocenters. The van der Waals surface area contributed by atoms with Gasteiger partial charge in [-0.3, -0.25) is 0 Å². The zero-order chi connectivity index (χ0) is 17.5. The second kappa shape index (κ2) is 14.5. The van der Waals surface area contributed by atoms with Gasteiger partial charge < -0.3 is 0 Å². The van der Waals surface area contributed by atoms with Crippen molar-refractivity contribution in [2.45, 2.75) is 123 Å². The minimum Gasteiger partial charge on any atom is -0.237 e. The van der Waals surface area contributed by atoms with Crippen LogP contribution in [0.1, 0.15) is 117 Å². The molecule has 1 rings (SSSR count). The van der Waals surface area contributed by atoms with Crippen LogP contribution in [0.5, 0.6) is 0 Å². The Morgan fingerprint density at radius 2 is 1.29 bits per heavy atom. The van der Waals surface area contributed by atoms with Crippen molar-refractivity contribution in [3.05, 3.63) is 18.7 Å². The maximum Gasteiger partial charge on any atom is 0.243 e. The van der Waals surface area contributed by atoms with Gasteiger partial charge in [0, 0.05) is 0 Å². The molecule has 0 saturated carbocycles. The molecule has 0 aliphatic rings. The third-order valence-corrected chi connectivity index (χ3v) is 5.22. The highest BCUT2D eigenvalue weighted by atomic mass is 15.1. The van der Waals surface area contributed by atoms with Crippen molar-refractivity contribution in [2.75, 3.05) is 0 Å². The van der Waals surface area contributed by atoms with Crippen LogP contribution in [0.15, 0.2) is 18.7 Å². The van der Waals surface area contributed by atoms with Crippen LogP contribution in [0.3, 0.4) is 0 Å². The van der Waals surface area contributed by atoms with Gasteiger partial charge in [0.05, 0.1) is 12.6 Å². The summed E-state index contributed by atoms with van der Waals surface area (Å²) in [5.41, 5.74) is 0. The van der Waals surface area contributed by atoms with Crippen LogP contribution in [0, 0.1) is 0 Å². The van der Waals surface area contributed by atoms with Gasteiger partial charge in [0.1, 0.15) is 12.4 Å². The Kier molecular flexibility index (Phi) is 12.9. The molecule has 0 amide bonds. The molecule has 0 N–H and O–H groups in total. The molecule has 0 saturated heterocycles. The summed E-state index contributed by atoms with van der Waals surface area (Å²) in [5.74, 6) is 0. The normalized spacial score (nSPS) is 12.6. The molecule has 0 aliphatic heterocycles. The molecule has 0 aromatic carbocycles. The summed E-state index contributed by atoms with van der Waals surface area (Å²) in [6.45, 7) is 8.12. The maximum atomic E-state index is 2.41. The lowest BCUT2D eigenvalue weighted by atomic mass is 10.1. The maximum absolute atomic E-state index is 2.41. The number of rotatable bonds is 16. The van der Waals surface area contributed by atoms with Crippen LogP contribution in [0.25, 0.3) is 0 Å². The number of aryl methyl sites for hydroxylation is 1. The van der Waals surface area contributed by atoms with Crippen LogP contribution >= 0.6 is 0 Å². The predicted molar refractivity (Wildman–Crippen MR) is 105 cm³/mol. The molecular formula is C22H43N2+. The van der Waals surface area contributed by atoms with E-state index in [2.05, 4.69) is 48.6 Å². The lowest BCUT2D eigenvalue weighted by molar-refractivity contribution is -0.697. The first kappa shape index (κ1) is 21.3. The van der Waals surface area contributed by atoms with E-state index in [-0.39, 0.29) is 0 Å². The van der Waals surface area contributed by atoms with E-state index in [0.717, 1.165) is 0 Å². The minimum absolute atomic E-state index is 0.645. The number of aromatic nitrogens is 2. The van der Waals surface area contributed by atoms with E-state index in [1.54, 1.807) is 0 Å². The number of hydrogen-bond donors (Lipinski definition) is 0. The average Bonchev–Trinajstić information content (AvgIpc) is 3.06. The Balaban J connectivity index is 2.08. The molecule has 24 heavy (non-hydrogen) atoms. The molecular weight excluding hydrogens is 292 g/mol. The van der Waals surface area contributed by atoms with E-state index < -0.39 is 0 Å². The molecule has 0 fully saturated rings. The fourth-order valence-corrected chi connectivity index (χ4v) is 3.42. The quantitative estimate of drug-likeness (QED) is 0.231. The van der Waals surface area contributed by atoms with E-state index in [1.807, 2.05) is 0 Å². The first-order chi connectivity index (χ1) is 11.8. The zero-order valence-corrected chi connectivity index (χ0v) is 16.8. The second-order valence-corrected chi connectivity index (χ2v) is 7.63. The van der Waals surface area contributed by atoms with Crippen LogP contribution in [0.4, 0.5) is 0 Å². The fraction of sp³-hybridized carbons (Fsp3) is 0.864. The molecule has 0 spiro atoms. The fourth-order valence-electron chi connectivity index (χ4n) is 3.42. The van der Waals surface area contributed by atoms with Gasteiger partial charge in [0.15, 0.2) is 0 Å². The highest BCUT2D eigenvalue weighted by Gasteiger charge is 2.11. The summed E-state index contributed by atoms with van der Waals surface area (Å²) in [6.07, 6.45) is 26.3. The summed E-state index contributed by atoms with van der Waals surface area (Å²) >= 11 is 0. The number of hydrogen-bond acceptors (Lipinski definition) is 0. The van der Waals surface area contributed by atoms with E-state index in [1.165, 1.54) is 96.4 Å². The lowest BCUT2D eigenvalue weighted by Gasteiger charge is -2.07. The second-order valence-electron chi connectivity index (χ2n) is 7.63. The summed E-state index contributed by atoms with van der Waals surface area (Å²) in [4.78, 5) is 0. The predicted octanol–water partition coefficient (Wildman–Crippen LogP) is 6.84. The Morgan fingerprint density at radius 1 is 0.750 bits per heavy atom.